The fourth-order valence-electron chi connectivity index (χ4n) is 6.40. The van der Waals surface area contributed by atoms with Crippen molar-refractivity contribution >= 4 is 17.1 Å². The van der Waals surface area contributed by atoms with E-state index in [0.29, 0.717) is 0 Å². The van der Waals surface area contributed by atoms with E-state index in [1.54, 1.807) is 0 Å². The smallest absolute Gasteiger partial charge is 0.0694 e. The first-order valence-electron chi connectivity index (χ1n) is 15.0. The summed E-state index contributed by atoms with van der Waals surface area (Å²) < 4.78 is 0. The number of rotatable bonds is 6. The third-order valence-electron chi connectivity index (χ3n) is 8.60. The van der Waals surface area contributed by atoms with E-state index in [-0.39, 0.29) is 0 Å². The van der Waals surface area contributed by atoms with Gasteiger partial charge in [0.25, 0.3) is 0 Å². The number of nitrogens with one attached hydrogen (secondary N) is 1. The standard InChI is InChI=1S/C36H39N5/c1-7-27-22(5)31-17-25-16-26(41(40-25)21-24-14-12-11-13-15-24)18-32-23(6)28(8-2)34(38-32)20-36-30(10-4)29(9-3)35(39-36)19-33(27)37-31/h11-20,40H,7-10,21H2,1-6H3. The molecule has 1 aromatic rings. The third-order valence-corrected chi connectivity index (χ3v) is 8.60. The van der Waals surface area contributed by atoms with Gasteiger partial charge >= 0.3 is 0 Å². The van der Waals surface area contributed by atoms with Crippen LogP contribution in [0.5, 0.6) is 0 Å². The maximum absolute atomic E-state index is 5.21. The van der Waals surface area contributed by atoms with Crippen LogP contribution < -0.4 is 5.43 Å². The van der Waals surface area contributed by atoms with E-state index in [1.165, 1.54) is 39.0 Å². The van der Waals surface area contributed by atoms with Gasteiger partial charge in [-0.05, 0) is 109 Å². The zero-order chi connectivity index (χ0) is 28.7. The Kier molecular flexibility index (Phi) is 7.21. The lowest BCUT2D eigenvalue weighted by atomic mass is 9.96. The maximum Gasteiger partial charge on any atom is 0.0694 e. The molecule has 8 bridgehead atoms. The summed E-state index contributed by atoms with van der Waals surface area (Å²) in [5.41, 5.74) is 20.8. The van der Waals surface area contributed by atoms with Crippen LogP contribution in [0.2, 0.25) is 0 Å². The predicted octanol–water partition coefficient (Wildman–Crippen LogP) is 8.37. The number of nitrogens with zero attached hydrogens (tertiary/aromatic N) is 4. The monoisotopic (exact) mass is 541 g/mol. The minimum Gasteiger partial charge on any atom is -0.298 e. The fourth-order valence-corrected chi connectivity index (χ4v) is 6.40. The van der Waals surface area contributed by atoms with E-state index >= 15 is 0 Å². The van der Waals surface area contributed by atoms with Crippen LogP contribution in [0.15, 0.2) is 138 Å². The summed E-state index contributed by atoms with van der Waals surface area (Å²) in [7, 11) is 0. The normalized spacial score (nSPS) is 20.0. The topological polar surface area (TPSA) is 52.4 Å². The lowest BCUT2D eigenvalue weighted by Gasteiger charge is -2.22. The molecule has 208 valence electrons. The van der Waals surface area contributed by atoms with Crippen molar-refractivity contribution in [3.05, 3.63) is 128 Å². The largest absolute Gasteiger partial charge is 0.298 e. The molecule has 41 heavy (non-hydrogen) atoms. The Morgan fingerprint density at radius 3 is 1.88 bits per heavy atom. The highest BCUT2D eigenvalue weighted by atomic mass is 15.5. The highest BCUT2D eigenvalue weighted by Crippen LogP contribution is 2.37. The Hall–Kier alpha value is -4.25. The van der Waals surface area contributed by atoms with Gasteiger partial charge in [0.2, 0.25) is 0 Å². The second kappa shape index (κ2) is 11.0. The molecule has 0 saturated heterocycles. The summed E-state index contributed by atoms with van der Waals surface area (Å²) in [5, 5.41) is 2.21. The number of allylic oxidation sites excluding steroid dienone is 11. The van der Waals surface area contributed by atoms with Crippen molar-refractivity contribution in [1.29, 1.82) is 0 Å². The third kappa shape index (κ3) is 4.84. The number of hydrogen-bond acceptors (Lipinski definition) is 5. The minimum atomic E-state index is 0.742. The van der Waals surface area contributed by atoms with Crippen molar-refractivity contribution in [2.75, 3.05) is 0 Å². The molecule has 1 aromatic carbocycles. The van der Waals surface area contributed by atoms with Crippen LogP contribution in [0, 0.1) is 0 Å². The van der Waals surface area contributed by atoms with Crippen LogP contribution in [0.1, 0.15) is 72.8 Å². The van der Waals surface area contributed by atoms with Gasteiger partial charge in [0.15, 0.2) is 0 Å². The molecule has 0 aliphatic carbocycles. The minimum absolute atomic E-state index is 0.742. The average Bonchev–Trinajstić information content (AvgIpc) is 3.67. The number of hydrazine groups is 1. The highest BCUT2D eigenvalue weighted by Gasteiger charge is 2.28. The molecule has 5 heterocycles. The summed E-state index contributed by atoms with van der Waals surface area (Å²) in [6.45, 7) is 14.0. The Bertz CT molecular complexity index is 1660. The van der Waals surface area contributed by atoms with E-state index in [1.807, 2.05) is 0 Å². The summed E-state index contributed by atoms with van der Waals surface area (Å²) >= 11 is 0. The number of benzene rings is 1. The van der Waals surface area contributed by atoms with Gasteiger partial charge in [0, 0.05) is 0 Å². The Morgan fingerprint density at radius 2 is 1.20 bits per heavy atom. The molecule has 5 aliphatic heterocycles. The van der Waals surface area contributed by atoms with Gasteiger partial charge in [-0.1, -0.05) is 58.0 Å². The summed E-state index contributed by atoms with van der Waals surface area (Å²) in [5.74, 6) is 0. The van der Waals surface area contributed by atoms with Gasteiger partial charge in [0.1, 0.15) is 0 Å². The van der Waals surface area contributed by atoms with Crippen LogP contribution in [0.25, 0.3) is 0 Å². The fraction of sp³-hybridized carbons (Fsp3) is 0.306. The van der Waals surface area contributed by atoms with Gasteiger partial charge < -0.3 is 0 Å². The molecule has 0 radical (unpaired) electrons. The summed E-state index contributed by atoms with van der Waals surface area (Å²) in [4.78, 5) is 15.6. The molecule has 0 atom stereocenters. The summed E-state index contributed by atoms with van der Waals surface area (Å²) in [6, 6.07) is 10.6. The van der Waals surface area contributed by atoms with E-state index in [4.69, 9.17) is 15.0 Å². The summed E-state index contributed by atoms with van der Waals surface area (Å²) in [6.07, 6.45) is 14.8. The predicted molar refractivity (Wildman–Crippen MR) is 171 cm³/mol. The Morgan fingerprint density at radius 1 is 0.585 bits per heavy atom. The molecular weight excluding hydrogens is 502 g/mol. The van der Waals surface area contributed by atoms with Crippen molar-refractivity contribution in [2.45, 2.75) is 73.8 Å². The molecule has 0 unspecified atom stereocenters. The molecule has 0 spiro atoms. The first-order valence-corrected chi connectivity index (χ1v) is 15.0. The second-order valence-electron chi connectivity index (χ2n) is 11.0. The van der Waals surface area contributed by atoms with E-state index in [0.717, 1.165) is 77.8 Å². The van der Waals surface area contributed by atoms with Crippen LogP contribution in [0.3, 0.4) is 0 Å². The van der Waals surface area contributed by atoms with Crippen molar-refractivity contribution in [3.63, 3.8) is 0 Å². The maximum atomic E-state index is 5.21. The number of aliphatic imine (C=N–C) groups is 3. The Labute approximate surface area is 244 Å². The van der Waals surface area contributed by atoms with Crippen LogP contribution in [-0.2, 0) is 6.54 Å². The van der Waals surface area contributed by atoms with E-state index in [9.17, 15) is 0 Å². The van der Waals surface area contributed by atoms with Crippen LogP contribution in [-0.4, -0.2) is 22.1 Å². The lowest BCUT2D eigenvalue weighted by Crippen LogP contribution is -2.30. The van der Waals surface area contributed by atoms with Crippen molar-refractivity contribution < 1.29 is 0 Å². The molecule has 0 fully saturated rings. The van der Waals surface area contributed by atoms with Crippen molar-refractivity contribution in [1.82, 2.24) is 10.4 Å². The number of fused-ring (bicyclic) bond motifs is 4. The first kappa shape index (κ1) is 26.9. The van der Waals surface area contributed by atoms with Gasteiger partial charge in [-0.2, -0.15) is 0 Å². The van der Waals surface area contributed by atoms with E-state index in [2.05, 4.69) is 113 Å². The molecule has 0 saturated carbocycles. The molecule has 5 aliphatic rings. The van der Waals surface area contributed by atoms with Crippen molar-refractivity contribution in [2.24, 2.45) is 15.0 Å². The first-order chi connectivity index (χ1) is 19.9. The van der Waals surface area contributed by atoms with Crippen molar-refractivity contribution in [3.8, 4) is 0 Å². The quantitative estimate of drug-likeness (QED) is 0.393. The second-order valence-corrected chi connectivity index (χ2v) is 11.0. The molecule has 6 rings (SSSR count). The molecule has 5 heteroatoms. The van der Waals surface area contributed by atoms with Gasteiger partial charge in [-0.25, -0.2) is 15.0 Å². The van der Waals surface area contributed by atoms with Gasteiger partial charge in [0.05, 0.1) is 52.2 Å². The molecule has 5 nitrogen and oxygen atoms in total. The SMILES string of the molecule is CCC1=C(C)C2=NC1=CC1=NC(=CC3=NC(=CC4=CC(=C2)N(Cc2ccccc2)N4)C(C)=C3CC)C(CC)=C1CC. The van der Waals surface area contributed by atoms with Gasteiger partial charge in [-0.15, -0.1) is 0 Å². The molecular formula is C36H39N5. The molecule has 0 amide bonds. The van der Waals surface area contributed by atoms with E-state index < -0.39 is 0 Å². The van der Waals surface area contributed by atoms with Crippen LogP contribution >= 0.6 is 0 Å². The zero-order valence-electron chi connectivity index (χ0n) is 25.1. The Balaban J connectivity index is 1.56. The average molecular weight is 542 g/mol. The zero-order valence-corrected chi connectivity index (χ0v) is 25.1. The van der Waals surface area contributed by atoms with Gasteiger partial charge in [-0.3, -0.25) is 10.4 Å². The van der Waals surface area contributed by atoms with Crippen LogP contribution in [0.4, 0.5) is 0 Å². The lowest BCUT2D eigenvalue weighted by molar-refractivity contribution is 0.299. The highest BCUT2D eigenvalue weighted by molar-refractivity contribution is 6.18. The molecule has 0 aromatic heterocycles. The molecule has 1 N–H and O–H groups in total. The number of hydrogen-bond donors (Lipinski definition) is 1.